The van der Waals surface area contributed by atoms with Gasteiger partial charge in [-0.1, -0.05) is 25.1 Å². The van der Waals surface area contributed by atoms with E-state index in [1.807, 2.05) is 56.4 Å². The van der Waals surface area contributed by atoms with Gasteiger partial charge in [-0.3, -0.25) is 14.7 Å². The van der Waals surface area contributed by atoms with Gasteiger partial charge in [0.1, 0.15) is 17.4 Å². The summed E-state index contributed by atoms with van der Waals surface area (Å²) in [5.74, 6) is 0.823. The van der Waals surface area contributed by atoms with Gasteiger partial charge in [0.05, 0.1) is 19.8 Å². The highest BCUT2D eigenvalue weighted by Crippen LogP contribution is 2.34. The van der Waals surface area contributed by atoms with Crippen LogP contribution in [0.3, 0.4) is 0 Å². The van der Waals surface area contributed by atoms with Crippen LogP contribution in [0.4, 0.5) is 0 Å². The minimum Gasteiger partial charge on any atom is -0.496 e. The predicted octanol–water partition coefficient (Wildman–Crippen LogP) is 3.50. The molecule has 2 aromatic heterocycles. The summed E-state index contributed by atoms with van der Waals surface area (Å²) in [6.07, 6.45) is 5.09. The van der Waals surface area contributed by atoms with Crippen LogP contribution >= 0.6 is 0 Å². The Bertz CT molecular complexity index is 1170. The molecule has 190 valence electrons. The first-order chi connectivity index (χ1) is 17.4. The number of amides is 1. The zero-order valence-corrected chi connectivity index (χ0v) is 21.3. The Kier molecular flexibility index (Phi) is 8.18. The lowest BCUT2D eigenvalue weighted by atomic mass is 9.99. The van der Waals surface area contributed by atoms with Crippen LogP contribution in [0.5, 0.6) is 11.6 Å². The Morgan fingerprint density at radius 2 is 1.97 bits per heavy atom. The summed E-state index contributed by atoms with van der Waals surface area (Å²) in [4.78, 5) is 26.3. The van der Waals surface area contributed by atoms with Gasteiger partial charge in [0.15, 0.2) is 0 Å². The zero-order valence-electron chi connectivity index (χ0n) is 21.3. The van der Waals surface area contributed by atoms with Crippen molar-refractivity contribution >= 4 is 5.91 Å². The van der Waals surface area contributed by atoms with E-state index in [4.69, 9.17) is 9.47 Å². The number of aliphatic hydroxyl groups is 1. The second-order valence-corrected chi connectivity index (χ2v) is 9.45. The molecule has 36 heavy (non-hydrogen) atoms. The lowest BCUT2D eigenvalue weighted by Crippen LogP contribution is -2.49. The third kappa shape index (κ3) is 5.66. The Labute approximate surface area is 212 Å². The number of methoxy groups -OCH3 is 1. The van der Waals surface area contributed by atoms with E-state index in [1.165, 1.54) is 0 Å². The van der Waals surface area contributed by atoms with Gasteiger partial charge in [-0.25, -0.2) is 4.98 Å². The summed E-state index contributed by atoms with van der Waals surface area (Å²) in [5, 5.41) is 9.91. The quantitative estimate of drug-likeness (QED) is 0.517. The number of likely N-dealkylation sites (N-methyl/N-ethyl adjacent to an activating group) is 1. The average molecular weight is 491 g/mol. The normalized spacial score (nSPS) is 18.7. The molecule has 3 heterocycles. The molecule has 4 rings (SSSR count). The molecule has 1 aliphatic heterocycles. The first-order valence-electron chi connectivity index (χ1n) is 12.2. The maximum Gasteiger partial charge on any atom is 0.259 e. The van der Waals surface area contributed by atoms with Crippen molar-refractivity contribution in [2.75, 3.05) is 33.9 Å². The number of aliphatic hydroxyl groups excluding tert-OH is 1. The summed E-state index contributed by atoms with van der Waals surface area (Å²) in [5.41, 5.74) is 3.15. The van der Waals surface area contributed by atoms with Crippen molar-refractivity contribution in [3.63, 3.8) is 0 Å². The van der Waals surface area contributed by atoms with Crippen LogP contribution in [0.15, 0.2) is 61.1 Å². The van der Waals surface area contributed by atoms with E-state index < -0.39 is 0 Å². The number of benzene rings is 1. The molecule has 3 aromatic rings. The Balaban J connectivity index is 1.68. The lowest BCUT2D eigenvalue weighted by molar-refractivity contribution is 0.0325. The SMILES string of the molecule is COc1ccccc1-c1cnc2c(c1)C(=O)N([C@@H](C)CO)C[C@@H](C)[C@@H](CN(C)Cc1ccncc1)O2. The number of hydrogen-bond donors (Lipinski definition) is 1. The van der Waals surface area contributed by atoms with Crippen molar-refractivity contribution in [3.05, 3.63) is 72.2 Å². The van der Waals surface area contributed by atoms with Crippen LogP contribution in [0.1, 0.15) is 29.8 Å². The molecule has 1 amide bonds. The highest BCUT2D eigenvalue weighted by atomic mass is 16.5. The molecule has 8 heteroatoms. The molecule has 0 bridgehead atoms. The van der Waals surface area contributed by atoms with Crippen molar-refractivity contribution < 1.29 is 19.4 Å². The fourth-order valence-electron chi connectivity index (χ4n) is 4.52. The molecule has 1 N–H and O–H groups in total. The molecule has 0 saturated heterocycles. The molecule has 1 aromatic carbocycles. The van der Waals surface area contributed by atoms with Gasteiger partial charge >= 0.3 is 0 Å². The number of carbonyl (C=O) groups is 1. The maximum absolute atomic E-state index is 13.7. The van der Waals surface area contributed by atoms with E-state index in [2.05, 4.69) is 21.8 Å². The Hall–Kier alpha value is -3.49. The van der Waals surface area contributed by atoms with Crippen LogP contribution in [0.25, 0.3) is 11.1 Å². The standard InChI is InChI=1S/C28H34N4O4/c1-19-15-32(20(2)18-33)28(34)24-13-22(23-7-5-6-8-25(23)35-4)14-30-27(24)36-26(19)17-31(3)16-21-9-11-29-12-10-21/h5-14,19-20,26,33H,15-18H2,1-4H3/t19-,20+,26-/m1/s1. The van der Waals surface area contributed by atoms with E-state index in [-0.39, 0.29) is 30.6 Å². The van der Waals surface area contributed by atoms with Crippen molar-refractivity contribution in [1.29, 1.82) is 0 Å². The first-order valence-corrected chi connectivity index (χ1v) is 12.2. The number of nitrogens with zero attached hydrogens (tertiary/aromatic N) is 4. The fraction of sp³-hybridized carbons (Fsp3) is 0.393. The number of carbonyl (C=O) groups excluding carboxylic acids is 1. The smallest absolute Gasteiger partial charge is 0.259 e. The van der Waals surface area contributed by atoms with Crippen LogP contribution in [0, 0.1) is 5.92 Å². The minimum atomic E-state index is -0.337. The summed E-state index contributed by atoms with van der Waals surface area (Å²) < 4.78 is 11.9. The van der Waals surface area contributed by atoms with E-state index >= 15 is 0 Å². The minimum absolute atomic E-state index is 0.0201. The monoisotopic (exact) mass is 490 g/mol. The van der Waals surface area contributed by atoms with Crippen LogP contribution in [-0.4, -0.2) is 76.8 Å². The maximum atomic E-state index is 13.7. The van der Waals surface area contributed by atoms with Gasteiger partial charge < -0.3 is 19.5 Å². The van der Waals surface area contributed by atoms with Crippen molar-refractivity contribution in [2.24, 2.45) is 5.92 Å². The molecule has 0 unspecified atom stereocenters. The largest absolute Gasteiger partial charge is 0.496 e. The zero-order chi connectivity index (χ0) is 25.7. The second kappa shape index (κ2) is 11.5. The molecule has 3 atom stereocenters. The molecule has 0 saturated carbocycles. The summed E-state index contributed by atoms with van der Waals surface area (Å²) in [6.45, 7) is 5.66. The molecule has 0 fully saturated rings. The molecule has 0 aliphatic carbocycles. The number of rotatable bonds is 8. The van der Waals surface area contributed by atoms with E-state index in [9.17, 15) is 9.90 Å². The van der Waals surface area contributed by atoms with Gasteiger partial charge in [0, 0.05) is 55.3 Å². The van der Waals surface area contributed by atoms with Crippen LogP contribution in [0.2, 0.25) is 0 Å². The number of hydrogen-bond acceptors (Lipinski definition) is 7. The third-order valence-electron chi connectivity index (χ3n) is 6.63. The fourth-order valence-corrected chi connectivity index (χ4v) is 4.52. The van der Waals surface area contributed by atoms with Gasteiger partial charge in [-0.05, 0) is 43.8 Å². The highest BCUT2D eigenvalue weighted by Gasteiger charge is 2.34. The van der Waals surface area contributed by atoms with Gasteiger partial charge in [0.25, 0.3) is 5.91 Å². The van der Waals surface area contributed by atoms with E-state index in [1.54, 1.807) is 30.6 Å². The number of ether oxygens (including phenoxy) is 2. The summed E-state index contributed by atoms with van der Waals surface area (Å²) >= 11 is 0. The molecule has 0 spiro atoms. The lowest BCUT2D eigenvalue weighted by Gasteiger charge is -2.37. The van der Waals surface area contributed by atoms with E-state index in [0.29, 0.717) is 30.3 Å². The van der Waals surface area contributed by atoms with Gasteiger partial charge in [-0.2, -0.15) is 0 Å². The highest BCUT2D eigenvalue weighted by molar-refractivity contribution is 5.98. The van der Waals surface area contributed by atoms with Crippen molar-refractivity contribution in [2.45, 2.75) is 32.5 Å². The van der Waals surface area contributed by atoms with E-state index in [0.717, 1.165) is 23.2 Å². The van der Waals surface area contributed by atoms with Crippen molar-refractivity contribution in [3.8, 4) is 22.8 Å². The first kappa shape index (κ1) is 25.6. The summed E-state index contributed by atoms with van der Waals surface area (Å²) in [6, 6.07) is 13.1. The molecule has 0 radical (unpaired) electrons. The Morgan fingerprint density at radius 3 is 2.69 bits per heavy atom. The molecule has 8 nitrogen and oxygen atoms in total. The number of para-hydroxylation sites is 1. The molecular formula is C28H34N4O4. The van der Waals surface area contributed by atoms with Crippen molar-refractivity contribution in [1.82, 2.24) is 19.8 Å². The van der Waals surface area contributed by atoms with Gasteiger partial charge in [-0.15, -0.1) is 0 Å². The number of fused-ring (bicyclic) bond motifs is 1. The third-order valence-corrected chi connectivity index (χ3v) is 6.63. The Morgan fingerprint density at radius 1 is 1.22 bits per heavy atom. The second-order valence-electron chi connectivity index (χ2n) is 9.45. The van der Waals surface area contributed by atoms with Gasteiger partial charge in [0.2, 0.25) is 5.88 Å². The van der Waals surface area contributed by atoms with Crippen LogP contribution in [-0.2, 0) is 6.54 Å². The topological polar surface area (TPSA) is 88.0 Å². The number of pyridine rings is 2. The molecular weight excluding hydrogens is 456 g/mol. The van der Waals surface area contributed by atoms with Crippen LogP contribution < -0.4 is 9.47 Å². The average Bonchev–Trinajstić information content (AvgIpc) is 2.90. The molecule has 1 aliphatic rings. The predicted molar refractivity (Wildman–Crippen MR) is 138 cm³/mol. The summed E-state index contributed by atoms with van der Waals surface area (Å²) in [7, 11) is 3.67. The number of aromatic nitrogens is 2.